The minimum atomic E-state index is 1.23. The highest BCUT2D eigenvalue weighted by atomic mass is 15.1. The van der Waals surface area contributed by atoms with E-state index in [1.54, 1.807) is 5.82 Å². The average Bonchev–Trinajstić information content (AvgIpc) is 3.42. The SMILES string of the molecule is CCCCCCCCCCCCCCCCCC[n+]1ccn(CCCCCCCCC)c1CCCCCCCCCCCC. The Morgan fingerprint density at radius 1 is 0.386 bits per heavy atom. The van der Waals surface area contributed by atoms with Crippen molar-refractivity contribution >= 4 is 0 Å². The van der Waals surface area contributed by atoms with Crippen molar-refractivity contribution in [2.75, 3.05) is 0 Å². The summed E-state index contributed by atoms with van der Waals surface area (Å²) in [5.74, 6) is 1.62. The minimum absolute atomic E-state index is 1.23. The van der Waals surface area contributed by atoms with Crippen molar-refractivity contribution in [3.05, 3.63) is 18.2 Å². The van der Waals surface area contributed by atoms with Gasteiger partial charge in [-0.2, -0.15) is 0 Å². The number of aryl methyl sites for hydroxylation is 2. The molecule has 0 amide bonds. The van der Waals surface area contributed by atoms with Crippen LogP contribution in [0.4, 0.5) is 0 Å². The molecule has 0 unspecified atom stereocenters. The minimum Gasteiger partial charge on any atom is -0.234 e. The van der Waals surface area contributed by atoms with Gasteiger partial charge < -0.3 is 0 Å². The Hall–Kier alpha value is -0.790. The molecule has 0 aliphatic rings. The summed E-state index contributed by atoms with van der Waals surface area (Å²) in [6, 6.07) is 0. The predicted molar refractivity (Wildman–Crippen MR) is 198 cm³/mol. The summed E-state index contributed by atoms with van der Waals surface area (Å²) in [7, 11) is 0. The fraction of sp³-hybridized carbons (Fsp3) is 0.929. The fourth-order valence-electron chi connectivity index (χ4n) is 7.03. The molecule has 0 radical (unpaired) electrons. The molecule has 44 heavy (non-hydrogen) atoms. The van der Waals surface area contributed by atoms with Gasteiger partial charge in [-0.3, -0.25) is 0 Å². The average molecular weight is 616 g/mol. The lowest BCUT2D eigenvalue weighted by Gasteiger charge is -2.07. The van der Waals surface area contributed by atoms with Crippen LogP contribution in [0.15, 0.2) is 12.4 Å². The van der Waals surface area contributed by atoms with Gasteiger partial charge in [-0.15, -0.1) is 0 Å². The van der Waals surface area contributed by atoms with Crippen molar-refractivity contribution in [1.82, 2.24) is 4.57 Å². The maximum atomic E-state index is 2.64. The molecule has 1 aromatic heterocycles. The van der Waals surface area contributed by atoms with Gasteiger partial charge in [-0.05, 0) is 32.1 Å². The first-order chi connectivity index (χ1) is 21.8. The highest BCUT2D eigenvalue weighted by Crippen LogP contribution is 2.15. The van der Waals surface area contributed by atoms with Gasteiger partial charge in [0, 0.05) is 6.42 Å². The Morgan fingerprint density at radius 3 is 1.09 bits per heavy atom. The summed E-state index contributed by atoms with van der Waals surface area (Å²) in [4.78, 5) is 0. The smallest absolute Gasteiger partial charge is 0.234 e. The van der Waals surface area contributed by atoms with Crippen LogP contribution in [0.2, 0.25) is 0 Å². The van der Waals surface area contributed by atoms with E-state index in [0.717, 1.165) is 0 Å². The van der Waals surface area contributed by atoms with E-state index < -0.39 is 0 Å². The zero-order valence-corrected chi connectivity index (χ0v) is 31.0. The van der Waals surface area contributed by atoms with E-state index in [1.807, 2.05) is 0 Å². The molecule has 1 aromatic rings. The molecule has 2 heteroatoms. The number of hydrogen-bond acceptors (Lipinski definition) is 0. The number of aromatic nitrogens is 2. The number of hydrogen-bond donors (Lipinski definition) is 0. The first-order valence-corrected chi connectivity index (χ1v) is 20.9. The van der Waals surface area contributed by atoms with Crippen LogP contribution in [0, 0.1) is 0 Å². The molecule has 2 nitrogen and oxygen atoms in total. The molecule has 0 aliphatic heterocycles. The van der Waals surface area contributed by atoms with E-state index in [-0.39, 0.29) is 0 Å². The lowest BCUT2D eigenvalue weighted by Crippen LogP contribution is -2.37. The van der Waals surface area contributed by atoms with Crippen molar-refractivity contribution in [1.29, 1.82) is 0 Å². The van der Waals surface area contributed by atoms with Crippen molar-refractivity contribution in [2.24, 2.45) is 0 Å². The normalized spacial score (nSPS) is 11.6. The summed E-state index contributed by atoms with van der Waals surface area (Å²) >= 11 is 0. The van der Waals surface area contributed by atoms with Crippen LogP contribution >= 0.6 is 0 Å². The van der Waals surface area contributed by atoms with Gasteiger partial charge in [0.05, 0.1) is 13.1 Å². The molecule has 1 rings (SSSR count). The van der Waals surface area contributed by atoms with Crippen LogP contribution in [0.1, 0.15) is 238 Å². The molecule has 1 heterocycles. The van der Waals surface area contributed by atoms with Gasteiger partial charge in [0.25, 0.3) is 5.82 Å². The van der Waals surface area contributed by atoms with Gasteiger partial charge >= 0.3 is 0 Å². The molecule has 0 atom stereocenters. The van der Waals surface area contributed by atoms with Crippen molar-refractivity contribution in [3.8, 4) is 0 Å². The molecule has 0 aromatic carbocycles. The second kappa shape index (κ2) is 33.6. The number of rotatable bonds is 36. The lowest BCUT2D eigenvalue weighted by atomic mass is 10.0. The molecule has 0 saturated carbocycles. The second-order valence-electron chi connectivity index (χ2n) is 14.5. The van der Waals surface area contributed by atoms with Crippen LogP contribution in [-0.4, -0.2) is 4.57 Å². The van der Waals surface area contributed by atoms with Crippen molar-refractivity contribution < 1.29 is 4.57 Å². The van der Waals surface area contributed by atoms with Crippen LogP contribution in [0.5, 0.6) is 0 Å². The first-order valence-electron chi connectivity index (χ1n) is 20.9. The Balaban J connectivity index is 2.22. The zero-order chi connectivity index (χ0) is 31.6. The van der Waals surface area contributed by atoms with Gasteiger partial charge in [-0.25, -0.2) is 9.13 Å². The number of unbranched alkanes of at least 4 members (excludes halogenated alkanes) is 30. The van der Waals surface area contributed by atoms with Crippen LogP contribution in [0.3, 0.4) is 0 Å². The molecule has 0 spiro atoms. The monoisotopic (exact) mass is 616 g/mol. The maximum absolute atomic E-state index is 2.64. The molecule has 0 fully saturated rings. The Kier molecular flexibility index (Phi) is 31.5. The van der Waals surface area contributed by atoms with Crippen LogP contribution in [-0.2, 0) is 19.5 Å². The van der Waals surface area contributed by atoms with Crippen LogP contribution in [0.25, 0.3) is 0 Å². The first kappa shape index (κ1) is 41.2. The van der Waals surface area contributed by atoms with Gasteiger partial charge in [0.2, 0.25) is 0 Å². The Labute approximate surface area is 279 Å². The van der Waals surface area contributed by atoms with Crippen LogP contribution < -0.4 is 4.57 Å². The molecular formula is C42H83N2+. The van der Waals surface area contributed by atoms with E-state index in [4.69, 9.17) is 0 Å². The van der Waals surface area contributed by atoms with E-state index in [9.17, 15) is 0 Å². The largest absolute Gasteiger partial charge is 0.256 e. The lowest BCUT2D eigenvalue weighted by molar-refractivity contribution is -0.704. The highest BCUT2D eigenvalue weighted by molar-refractivity contribution is 4.84. The molecular weight excluding hydrogens is 532 g/mol. The molecule has 260 valence electrons. The van der Waals surface area contributed by atoms with Crippen molar-refractivity contribution in [2.45, 2.75) is 252 Å². The quantitative estimate of drug-likeness (QED) is 0.0524. The number of imidazole rings is 1. The molecule has 0 N–H and O–H groups in total. The van der Waals surface area contributed by atoms with Crippen molar-refractivity contribution in [3.63, 3.8) is 0 Å². The Bertz CT molecular complexity index is 677. The maximum Gasteiger partial charge on any atom is 0.256 e. The third-order valence-electron chi connectivity index (χ3n) is 10.1. The Morgan fingerprint density at radius 2 is 0.705 bits per heavy atom. The summed E-state index contributed by atoms with van der Waals surface area (Å²) in [5, 5.41) is 0. The standard InChI is InChI=1S/C42H83N2/c1-4-7-10-13-16-18-20-21-22-23-24-25-27-30-33-36-39-44-41-40-43(38-35-32-29-15-12-9-6-3)42(44)37-34-31-28-26-19-17-14-11-8-5-2/h40-41H,4-39H2,1-3H3/q+1. The summed E-state index contributed by atoms with van der Waals surface area (Å²) in [5.41, 5.74) is 0. The van der Waals surface area contributed by atoms with E-state index in [2.05, 4.69) is 42.3 Å². The van der Waals surface area contributed by atoms with E-state index >= 15 is 0 Å². The topological polar surface area (TPSA) is 8.81 Å². The molecule has 0 bridgehead atoms. The molecule has 0 saturated heterocycles. The predicted octanol–water partition coefficient (Wildman–Crippen LogP) is 14.3. The van der Waals surface area contributed by atoms with Gasteiger partial charge in [0.15, 0.2) is 0 Å². The van der Waals surface area contributed by atoms with Gasteiger partial charge in [-0.1, -0.05) is 201 Å². The summed E-state index contributed by atoms with van der Waals surface area (Å²) < 4.78 is 5.27. The number of nitrogens with zero attached hydrogens (tertiary/aromatic N) is 2. The fourth-order valence-corrected chi connectivity index (χ4v) is 7.03. The molecule has 0 aliphatic carbocycles. The third-order valence-corrected chi connectivity index (χ3v) is 10.1. The highest BCUT2D eigenvalue weighted by Gasteiger charge is 2.16. The summed E-state index contributed by atoms with van der Waals surface area (Å²) in [6.45, 7) is 9.40. The van der Waals surface area contributed by atoms with E-state index in [0.29, 0.717) is 0 Å². The third kappa shape index (κ3) is 25.4. The van der Waals surface area contributed by atoms with Gasteiger partial charge in [0.1, 0.15) is 12.4 Å². The summed E-state index contributed by atoms with van der Waals surface area (Å²) in [6.07, 6.45) is 53.4. The van der Waals surface area contributed by atoms with E-state index in [1.165, 1.54) is 231 Å². The second-order valence-corrected chi connectivity index (χ2v) is 14.5. The zero-order valence-electron chi connectivity index (χ0n) is 31.0.